The molecule has 0 aliphatic carbocycles. The molecule has 2 rings (SSSR count). The number of nitrogens with one attached hydrogen (secondary N) is 2. The minimum absolute atomic E-state index is 0.213. The lowest BCUT2D eigenvalue weighted by Crippen LogP contribution is -2.39. The molecular formula is C22H39N5O. The lowest BCUT2D eigenvalue weighted by Gasteiger charge is -2.22. The van der Waals surface area contributed by atoms with Crippen molar-refractivity contribution in [3.05, 3.63) is 29.8 Å². The van der Waals surface area contributed by atoms with Gasteiger partial charge in [-0.15, -0.1) is 0 Å². The lowest BCUT2D eigenvalue weighted by molar-refractivity contribution is 0.161. The maximum atomic E-state index is 5.12. The Morgan fingerprint density at radius 2 is 2.07 bits per heavy atom. The average molecular weight is 390 g/mol. The van der Waals surface area contributed by atoms with Crippen molar-refractivity contribution in [2.45, 2.75) is 39.2 Å². The van der Waals surface area contributed by atoms with Gasteiger partial charge in [0.25, 0.3) is 0 Å². The number of methoxy groups -OCH3 is 1. The Morgan fingerprint density at radius 3 is 2.79 bits per heavy atom. The van der Waals surface area contributed by atoms with Crippen molar-refractivity contribution >= 4 is 11.6 Å². The van der Waals surface area contributed by atoms with Crippen molar-refractivity contribution in [2.75, 3.05) is 64.9 Å². The summed E-state index contributed by atoms with van der Waals surface area (Å²) in [5, 5.41) is 6.93. The van der Waals surface area contributed by atoms with Crippen LogP contribution in [0, 0.1) is 0 Å². The molecule has 0 radical (unpaired) electrons. The van der Waals surface area contributed by atoms with Crippen molar-refractivity contribution in [2.24, 2.45) is 4.99 Å². The summed E-state index contributed by atoms with van der Waals surface area (Å²) in [6.45, 7) is 11.1. The van der Waals surface area contributed by atoms with Crippen molar-refractivity contribution < 1.29 is 4.74 Å². The Kier molecular flexibility index (Phi) is 10.1. The van der Waals surface area contributed by atoms with E-state index in [0.29, 0.717) is 0 Å². The van der Waals surface area contributed by atoms with E-state index >= 15 is 0 Å². The van der Waals surface area contributed by atoms with Gasteiger partial charge in [0, 0.05) is 45.5 Å². The van der Waals surface area contributed by atoms with Crippen LogP contribution in [0.1, 0.15) is 44.7 Å². The number of likely N-dealkylation sites (N-methyl/N-ethyl adjacent to an activating group) is 1. The molecule has 1 saturated heterocycles. The quantitative estimate of drug-likeness (QED) is 0.346. The first kappa shape index (κ1) is 22.5. The molecule has 1 fully saturated rings. The number of hydrogen-bond donors (Lipinski definition) is 2. The summed E-state index contributed by atoms with van der Waals surface area (Å²) in [4.78, 5) is 9.52. The van der Waals surface area contributed by atoms with Crippen molar-refractivity contribution in [3.8, 4) is 0 Å². The number of guanidine groups is 1. The molecule has 1 aromatic carbocycles. The summed E-state index contributed by atoms with van der Waals surface area (Å²) in [5.74, 6) is 0.890. The fourth-order valence-corrected chi connectivity index (χ4v) is 3.47. The summed E-state index contributed by atoms with van der Waals surface area (Å²) < 4.78 is 5.12. The van der Waals surface area contributed by atoms with Crippen LogP contribution in [0.25, 0.3) is 0 Å². The first-order chi connectivity index (χ1) is 13.6. The van der Waals surface area contributed by atoms with Crippen LogP contribution in [-0.4, -0.2) is 70.9 Å². The summed E-state index contributed by atoms with van der Waals surface area (Å²) in [6.07, 6.45) is 3.64. The fourth-order valence-electron chi connectivity index (χ4n) is 3.47. The summed E-state index contributed by atoms with van der Waals surface area (Å²) in [7, 11) is 3.87. The smallest absolute Gasteiger partial charge is 0.191 e. The molecule has 0 bridgehead atoms. The third-order valence-corrected chi connectivity index (χ3v) is 5.18. The predicted octanol–water partition coefficient (Wildman–Crippen LogP) is 2.87. The summed E-state index contributed by atoms with van der Waals surface area (Å²) in [6, 6.07) is 9.12. The lowest BCUT2D eigenvalue weighted by atomic mass is 10.1. The minimum atomic E-state index is 0.213. The van der Waals surface area contributed by atoms with Crippen LogP contribution in [0.3, 0.4) is 0 Å². The van der Waals surface area contributed by atoms with Gasteiger partial charge in [-0.25, -0.2) is 0 Å². The molecule has 0 spiro atoms. The molecule has 1 aliphatic heterocycles. The number of benzene rings is 1. The van der Waals surface area contributed by atoms with Crippen molar-refractivity contribution in [3.63, 3.8) is 0 Å². The summed E-state index contributed by atoms with van der Waals surface area (Å²) in [5.41, 5.74) is 2.64. The van der Waals surface area contributed by atoms with E-state index in [-0.39, 0.29) is 6.04 Å². The van der Waals surface area contributed by atoms with E-state index in [1.807, 2.05) is 0 Å². The maximum Gasteiger partial charge on any atom is 0.191 e. The third kappa shape index (κ3) is 7.68. The van der Waals surface area contributed by atoms with Crippen molar-refractivity contribution in [1.29, 1.82) is 0 Å². The van der Waals surface area contributed by atoms with Crippen molar-refractivity contribution in [1.82, 2.24) is 15.5 Å². The Hall–Kier alpha value is -1.79. The number of rotatable bonds is 11. The molecular weight excluding hydrogens is 350 g/mol. The topological polar surface area (TPSA) is 52.1 Å². The molecule has 28 heavy (non-hydrogen) atoms. The molecule has 158 valence electrons. The molecule has 1 heterocycles. The Bertz CT molecular complexity index is 586. The van der Waals surface area contributed by atoms with Crippen LogP contribution in [0.2, 0.25) is 0 Å². The van der Waals surface area contributed by atoms with Crippen LogP contribution >= 0.6 is 0 Å². The van der Waals surface area contributed by atoms with E-state index in [9.17, 15) is 0 Å². The van der Waals surface area contributed by atoms with Gasteiger partial charge in [0.05, 0.1) is 12.6 Å². The molecule has 0 aromatic heterocycles. The predicted molar refractivity (Wildman–Crippen MR) is 119 cm³/mol. The first-order valence-electron chi connectivity index (χ1n) is 10.7. The normalized spacial score (nSPS) is 15.9. The van der Waals surface area contributed by atoms with Gasteiger partial charge in [-0.05, 0) is 64.4 Å². The monoisotopic (exact) mass is 389 g/mol. The van der Waals surface area contributed by atoms with Crippen LogP contribution in [0.15, 0.2) is 29.3 Å². The van der Waals surface area contributed by atoms with Crippen LogP contribution < -0.4 is 15.5 Å². The zero-order valence-electron chi connectivity index (χ0n) is 18.2. The molecule has 2 N–H and O–H groups in total. The minimum Gasteiger partial charge on any atom is -0.383 e. The van der Waals surface area contributed by atoms with Gasteiger partial charge in [-0.2, -0.15) is 0 Å². The molecule has 1 aliphatic rings. The summed E-state index contributed by atoms with van der Waals surface area (Å²) >= 11 is 0. The Morgan fingerprint density at radius 1 is 1.29 bits per heavy atom. The van der Waals surface area contributed by atoms with E-state index < -0.39 is 0 Å². The maximum absolute atomic E-state index is 5.12. The number of anilines is 1. The van der Waals surface area contributed by atoms with E-state index in [1.165, 1.54) is 37.2 Å². The van der Waals surface area contributed by atoms with E-state index in [2.05, 4.69) is 65.6 Å². The van der Waals surface area contributed by atoms with Gasteiger partial charge in [-0.3, -0.25) is 4.99 Å². The van der Waals surface area contributed by atoms with Gasteiger partial charge in [0.1, 0.15) is 0 Å². The van der Waals surface area contributed by atoms with E-state index in [1.54, 1.807) is 7.11 Å². The van der Waals surface area contributed by atoms with Gasteiger partial charge in [0.15, 0.2) is 5.96 Å². The van der Waals surface area contributed by atoms with E-state index in [0.717, 1.165) is 45.2 Å². The fraction of sp³-hybridized carbons (Fsp3) is 0.682. The van der Waals surface area contributed by atoms with Crippen LogP contribution in [0.4, 0.5) is 5.69 Å². The molecule has 6 heteroatoms. The van der Waals surface area contributed by atoms with Gasteiger partial charge in [-0.1, -0.05) is 12.1 Å². The number of ether oxygens (including phenoxy) is 1. The highest BCUT2D eigenvalue weighted by Gasteiger charge is 2.14. The molecule has 0 saturated carbocycles. The van der Waals surface area contributed by atoms with Crippen LogP contribution in [0.5, 0.6) is 0 Å². The van der Waals surface area contributed by atoms with Gasteiger partial charge >= 0.3 is 0 Å². The molecule has 6 nitrogen and oxygen atoms in total. The first-order valence-corrected chi connectivity index (χ1v) is 10.7. The number of aliphatic imine (C=N–C) groups is 1. The van der Waals surface area contributed by atoms with Crippen LogP contribution in [-0.2, 0) is 4.74 Å². The highest BCUT2D eigenvalue weighted by Crippen LogP contribution is 2.23. The SMILES string of the molecule is CCNC(=NCCCN(C)CCOC)NC(C)c1cccc(N2CCCC2)c1. The molecule has 0 amide bonds. The number of nitrogens with zero attached hydrogens (tertiary/aromatic N) is 3. The van der Waals surface area contributed by atoms with Gasteiger partial charge in [0.2, 0.25) is 0 Å². The third-order valence-electron chi connectivity index (χ3n) is 5.18. The molecule has 1 unspecified atom stereocenters. The highest BCUT2D eigenvalue weighted by atomic mass is 16.5. The zero-order valence-corrected chi connectivity index (χ0v) is 18.2. The second kappa shape index (κ2) is 12.6. The standard InChI is InChI=1S/C22H39N5O/c1-5-23-22(24-12-9-13-26(3)16-17-28-4)25-19(2)20-10-8-11-21(18-20)27-14-6-7-15-27/h8,10-11,18-19H,5-7,9,12-17H2,1-4H3,(H2,23,24,25). The Labute approximate surface area is 171 Å². The zero-order chi connectivity index (χ0) is 20.2. The Balaban J connectivity index is 1.87. The second-order valence-corrected chi connectivity index (χ2v) is 7.57. The van der Waals surface area contributed by atoms with E-state index in [4.69, 9.17) is 9.73 Å². The largest absolute Gasteiger partial charge is 0.383 e. The highest BCUT2D eigenvalue weighted by molar-refractivity contribution is 5.80. The molecule has 1 atom stereocenters. The second-order valence-electron chi connectivity index (χ2n) is 7.57. The average Bonchev–Trinajstić information content (AvgIpc) is 3.24. The number of hydrogen-bond acceptors (Lipinski definition) is 4. The van der Waals surface area contributed by atoms with Gasteiger partial charge < -0.3 is 25.2 Å². The molecule has 1 aromatic rings.